The molecular formula is C14H19NO2. The molecule has 0 spiro atoms. The molecule has 0 N–H and O–H groups in total. The van der Waals surface area contributed by atoms with Crippen molar-refractivity contribution in [3.8, 4) is 0 Å². The van der Waals surface area contributed by atoms with E-state index < -0.39 is 0 Å². The van der Waals surface area contributed by atoms with Gasteiger partial charge in [-0.25, -0.2) is 0 Å². The molecule has 1 fully saturated rings. The molecule has 0 unspecified atom stereocenters. The van der Waals surface area contributed by atoms with Crippen LogP contribution in [0.25, 0.3) is 0 Å². The fourth-order valence-corrected chi connectivity index (χ4v) is 2.56. The number of aromatic nitrogens is 1. The minimum atomic E-state index is -0.0133. The molecule has 1 aliphatic carbocycles. The molecule has 1 aliphatic rings. The molecular weight excluding hydrogens is 214 g/mol. The molecule has 1 aromatic heterocycles. The Morgan fingerprint density at radius 2 is 1.94 bits per heavy atom. The van der Waals surface area contributed by atoms with E-state index in [1.807, 2.05) is 19.3 Å². The standard InChI is InChI=1S/C14H19NO2/c1-2-17-14(16)13-5-3-11(4-6-13)12-7-9-15-10-8-12/h7-11,13H,2-6H2,1H3. The van der Waals surface area contributed by atoms with Crippen molar-refractivity contribution in [2.45, 2.75) is 38.5 Å². The molecule has 1 heterocycles. The molecule has 0 saturated heterocycles. The van der Waals surface area contributed by atoms with Crippen LogP contribution in [0.3, 0.4) is 0 Å². The zero-order chi connectivity index (χ0) is 12.1. The molecule has 0 aliphatic heterocycles. The first-order valence-electron chi connectivity index (χ1n) is 6.37. The van der Waals surface area contributed by atoms with Crippen LogP contribution in [0.4, 0.5) is 0 Å². The first kappa shape index (κ1) is 12.1. The van der Waals surface area contributed by atoms with E-state index in [4.69, 9.17) is 4.74 Å². The summed E-state index contributed by atoms with van der Waals surface area (Å²) in [5.41, 5.74) is 1.35. The van der Waals surface area contributed by atoms with Gasteiger partial charge in [0.1, 0.15) is 0 Å². The van der Waals surface area contributed by atoms with Crippen molar-refractivity contribution < 1.29 is 9.53 Å². The summed E-state index contributed by atoms with van der Waals surface area (Å²) >= 11 is 0. The van der Waals surface area contributed by atoms with Gasteiger partial charge in [0.2, 0.25) is 0 Å². The molecule has 3 heteroatoms. The van der Waals surface area contributed by atoms with Crippen LogP contribution in [0.15, 0.2) is 24.5 Å². The van der Waals surface area contributed by atoms with Gasteiger partial charge in [-0.15, -0.1) is 0 Å². The van der Waals surface area contributed by atoms with Crippen molar-refractivity contribution in [1.82, 2.24) is 4.98 Å². The maximum atomic E-state index is 11.6. The lowest BCUT2D eigenvalue weighted by Crippen LogP contribution is -2.23. The summed E-state index contributed by atoms with van der Waals surface area (Å²) < 4.78 is 5.07. The number of esters is 1. The third-order valence-corrected chi connectivity index (χ3v) is 3.52. The highest BCUT2D eigenvalue weighted by atomic mass is 16.5. The number of hydrogen-bond donors (Lipinski definition) is 0. The Morgan fingerprint density at radius 3 is 2.53 bits per heavy atom. The maximum absolute atomic E-state index is 11.6. The number of hydrogen-bond acceptors (Lipinski definition) is 3. The Morgan fingerprint density at radius 1 is 1.29 bits per heavy atom. The largest absolute Gasteiger partial charge is 0.466 e. The summed E-state index contributed by atoms with van der Waals surface area (Å²) in [6.07, 6.45) is 7.73. The van der Waals surface area contributed by atoms with Gasteiger partial charge in [0, 0.05) is 12.4 Å². The topological polar surface area (TPSA) is 39.2 Å². The van der Waals surface area contributed by atoms with E-state index in [1.165, 1.54) is 5.56 Å². The van der Waals surface area contributed by atoms with Gasteiger partial charge in [0.25, 0.3) is 0 Å². The van der Waals surface area contributed by atoms with Crippen molar-refractivity contribution in [3.63, 3.8) is 0 Å². The Kier molecular flexibility index (Phi) is 4.13. The molecule has 17 heavy (non-hydrogen) atoms. The highest BCUT2D eigenvalue weighted by molar-refractivity contribution is 5.72. The molecule has 0 amide bonds. The fourth-order valence-electron chi connectivity index (χ4n) is 2.56. The summed E-state index contributed by atoms with van der Waals surface area (Å²) in [5.74, 6) is 0.692. The lowest BCUT2D eigenvalue weighted by atomic mass is 9.79. The van der Waals surface area contributed by atoms with E-state index in [2.05, 4.69) is 17.1 Å². The Hall–Kier alpha value is -1.38. The molecule has 0 aromatic carbocycles. The van der Waals surface area contributed by atoms with E-state index >= 15 is 0 Å². The molecule has 92 valence electrons. The van der Waals surface area contributed by atoms with Gasteiger partial charge in [0.15, 0.2) is 0 Å². The maximum Gasteiger partial charge on any atom is 0.308 e. The van der Waals surface area contributed by atoms with Crippen LogP contribution in [0.1, 0.15) is 44.1 Å². The highest BCUT2D eigenvalue weighted by Crippen LogP contribution is 2.35. The van der Waals surface area contributed by atoms with Crippen LogP contribution in [0.5, 0.6) is 0 Å². The van der Waals surface area contributed by atoms with Crippen LogP contribution in [0, 0.1) is 5.92 Å². The van der Waals surface area contributed by atoms with Gasteiger partial charge in [-0.1, -0.05) is 0 Å². The minimum Gasteiger partial charge on any atom is -0.466 e. The molecule has 2 rings (SSSR count). The quantitative estimate of drug-likeness (QED) is 0.753. The van der Waals surface area contributed by atoms with Crippen LogP contribution in [-0.2, 0) is 9.53 Å². The molecule has 0 radical (unpaired) electrons. The molecule has 0 atom stereocenters. The third-order valence-electron chi connectivity index (χ3n) is 3.52. The van der Waals surface area contributed by atoms with E-state index in [1.54, 1.807) is 0 Å². The van der Waals surface area contributed by atoms with Crippen LogP contribution >= 0.6 is 0 Å². The Bertz CT molecular complexity index is 356. The second-order valence-corrected chi connectivity index (χ2v) is 4.58. The lowest BCUT2D eigenvalue weighted by molar-refractivity contribution is -0.149. The van der Waals surface area contributed by atoms with Gasteiger partial charge in [-0.05, 0) is 56.2 Å². The van der Waals surface area contributed by atoms with Gasteiger partial charge >= 0.3 is 5.97 Å². The number of ether oxygens (including phenoxy) is 1. The monoisotopic (exact) mass is 233 g/mol. The minimum absolute atomic E-state index is 0.0133. The van der Waals surface area contributed by atoms with E-state index in [0.717, 1.165) is 25.7 Å². The smallest absolute Gasteiger partial charge is 0.308 e. The fraction of sp³-hybridized carbons (Fsp3) is 0.571. The molecule has 3 nitrogen and oxygen atoms in total. The number of carbonyl (C=O) groups excluding carboxylic acids is 1. The first-order chi connectivity index (χ1) is 8.31. The van der Waals surface area contributed by atoms with Crippen LogP contribution in [-0.4, -0.2) is 17.6 Å². The number of rotatable bonds is 3. The molecule has 0 bridgehead atoms. The second kappa shape index (κ2) is 5.80. The second-order valence-electron chi connectivity index (χ2n) is 4.58. The summed E-state index contributed by atoms with van der Waals surface area (Å²) in [5, 5.41) is 0. The predicted molar refractivity (Wildman–Crippen MR) is 65.6 cm³/mol. The summed E-state index contributed by atoms with van der Waals surface area (Å²) in [4.78, 5) is 15.6. The van der Waals surface area contributed by atoms with Gasteiger partial charge in [-0.2, -0.15) is 0 Å². The Balaban J connectivity index is 1.88. The highest BCUT2D eigenvalue weighted by Gasteiger charge is 2.27. The third kappa shape index (κ3) is 3.05. The SMILES string of the molecule is CCOC(=O)C1CCC(c2ccncc2)CC1. The van der Waals surface area contributed by atoms with Gasteiger partial charge in [0.05, 0.1) is 12.5 Å². The van der Waals surface area contributed by atoms with Crippen molar-refractivity contribution in [2.75, 3.05) is 6.61 Å². The average molecular weight is 233 g/mol. The van der Waals surface area contributed by atoms with E-state index in [-0.39, 0.29) is 11.9 Å². The van der Waals surface area contributed by atoms with E-state index in [0.29, 0.717) is 12.5 Å². The van der Waals surface area contributed by atoms with Crippen LogP contribution < -0.4 is 0 Å². The Labute approximate surface area is 102 Å². The number of nitrogens with zero attached hydrogens (tertiary/aromatic N) is 1. The van der Waals surface area contributed by atoms with Crippen molar-refractivity contribution in [2.24, 2.45) is 5.92 Å². The van der Waals surface area contributed by atoms with E-state index in [9.17, 15) is 4.79 Å². The summed E-state index contributed by atoms with van der Waals surface area (Å²) in [7, 11) is 0. The summed E-state index contributed by atoms with van der Waals surface area (Å²) in [6, 6.07) is 4.16. The predicted octanol–water partition coefficient (Wildman–Crippen LogP) is 2.92. The van der Waals surface area contributed by atoms with Crippen molar-refractivity contribution in [3.05, 3.63) is 30.1 Å². The molecule has 1 aromatic rings. The number of carbonyl (C=O) groups is 1. The van der Waals surface area contributed by atoms with Crippen molar-refractivity contribution in [1.29, 1.82) is 0 Å². The zero-order valence-electron chi connectivity index (χ0n) is 10.3. The van der Waals surface area contributed by atoms with Gasteiger partial charge < -0.3 is 4.74 Å². The normalized spacial score (nSPS) is 24.3. The van der Waals surface area contributed by atoms with Crippen molar-refractivity contribution >= 4 is 5.97 Å². The first-order valence-corrected chi connectivity index (χ1v) is 6.37. The zero-order valence-corrected chi connectivity index (χ0v) is 10.3. The number of pyridine rings is 1. The summed E-state index contributed by atoms with van der Waals surface area (Å²) in [6.45, 7) is 2.35. The van der Waals surface area contributed by atoms with Crippen LogP contribution in [0.2, 0.25) is 0 Å². The molecule has 1 saturated carbocycles. The van der Waals surface area contributed by atoms with Gasteiger partial charge in [-0.3, -0.25) is 9.78 Å². The average Bonchev–Trinajstić information content (AvgIpc) is 2.40. The lowest BCUT2D eigenvalue weighted by Gasteiger charge is -2.27.